The lowest BCUT2D eigenvalue weighted by Gasteiger charge is -2.22. The van der Waals surface area contributed by atoms with Crippen LogP contribution in [0.3, 0.4) is 0 Å². The normalized spacial score (nSPS) is 11.8. The average Bonchev–Trinajstić information content (AvgIpc) is 2.39. The maximum Gasteiger partial charge on any atom is 0.326 e. The molecule has 0 radical (unpaired) electrons. The number of hydrogen-bond acceptors (Lipinski definition) is 2. The molecular weight excluding hydrogens is 263 g/mol. The van der Waals surface area contributed by atoms with Gasteiger partial charge < -0.3 is 15.3 Å². The van der Waals surface area contributed by atoms with Gasteiger partial charge in [0.2, 0.25) is 0 Å². The van der Waals surface area contributed by atoms with E-state index >= 15 is 0 Å². The summed E-state index contributed by atoms with van der Waals surface area (Å²) in [6.07, 6.45) is 0. The van der Waals surface area contributed by atoms with Gasteiger partial charge in [0.1, 0.15) is 11.9 Å². The first-order chi connectivity index (χ1) is 9.23. The van der Waals surface area contributed by atoms with Crippen molar-refractivity contribution in [2.75, 3.05) is 7.05 Å². The number of aryl methyl sites for hydroxylation is 2. The number of carboxylic acid groups (broad SMARTS) is 1. The van der Waals surface area contributed by atoms with Crippen molar-refractivity contribution in [1.29, 1.82) is 0 Å². The van der Waals surface area contributed by atoms with Gasteiger partial charge in [-0.25, -0.2) is 14.0 Å². The Bertz CT molecular complexity index is 508. The molecule has 110 valence electrons. The van der Waals surface area contributed by atoms with Gasteiger partial charge in [0.05, 0.1) is 0 Å². The Labute approximate surface area is 117 Å². The van der Waals surface area contributed by atoms with Crippen molar-refractivity contribution in [2.45, 2.75) is 33.4 Å². The Hall–Kier alpha value is -2.11. The molecule has 6 heteroatoms. The SMILES string of the molecule is Cc1cc(CNC(=O)N(C)C(C)C(=O)O)cc(C)c1F. The van der Waals surface area contributed by atoms with Gasteiger partial charge in [-0.05, 0) is 37.5 Å². The van der Waals surface area contributed by atoms with Crippen LogP contribution in [0.4, 0.5) is 9.18 Å². The lowest BCUT2D eigenvalue weighted by molar-refractivity contribution is -0.141. The van der Waals surface area contributed by atoms with Gasteiger partial charge >= 0.3 is 12.0 Å². The van der Waals surface area contributed by atoms with E-state index in [-0.39, 0.29) is 12.4 Å². The largest absolute Gasteiger partial charge is 0.480 e. The minimum Gasteiger partial charge on any atom is -0.480 e. The fourth-order valence-electron chi connectivity index (χ4n) is 1.78. The molecule has 0 saturated heterocycles. The lowest BCUT2D eigenvalue weighted by Crippen LogP contribution is -2.45. The standard InChI is InChI=1S/C14H19FN2O3/c1-8-5-11(6-9(2)12(8)15)7-16-14(20)17(4)10(3)13(18)19/h5-6,10H,7H2,1-4H3,(H,16,20)(H,18,19). The molecule has 1 aromatic carbocycles. The number of urea groups is 1. The van der Waals surface area contributed by atoms with E-state index in [2.05, 4.69) is 5.32 Å². The van der Waals surface area contributed by atoms with Crippen LogP contribution in [0.5, 0.6) is 0 Å². The molecular formula is C14H19FN2O3. The van der Waals surface area contributed by atoms with Crippen LogP contribution in [0.15, 0.2) is 12.1 Å². The molecule has 0 fully saturated rings. The predicted molar refractivity (Wildman–Crippen MR) is 73.0 cm³/mol. The van der Waals surface area contributed by atoms with E-state index in [0.717, 1.165) is 10.5 Å². The van der Waals surface area contributed by atoms with E-state index in [0.29, 0.717) is 11.1 Å². The van der Waals surface area contributed by atoms with Gasteiger partial charge in [-0.1, -0.05) is 12.1 Å². The first-order valence-corrected chi connectivity index (χ1v) is 6.23. The molecule has 0 saturated carbocycles. The minimum absolute atomic E-state index is 0.220. The number of carbonyl (C=O) groups excluding carboxylic acids is 1. The van der Waals surface area contributed by atoms with Crippen LogP contribution in [0.1, 0.15) is 23.6 Å². The number of hydrogen-bond donors (Lipinski definition) is 2. The first kappa shape index (κ1) is 15.9. The Kier molecular flexibility index (Phi) is 5.07. The molecule has 20 heavy (non-hydrogen) atoms. The number of carboxylic acids is 1. The zero-order valence-electron chi connectivity index (χ0n) is 12.0. The topological polar surface area (TPSA) is 69.6 Å². The number of carbonyl (C=O) groups is 2. The van der Waals surface area contributed by atoms with Crippen LogP contribution in [0.25, 0.3) is 0 Å². The van der Waals surface area contributed by atoms with E-state index in [1.165, 1.54) is 14.0 Å². The molecule has 2 N–H and O–H groups in total. The summed E-state index contributed by atoms with van der Waals surface area (Å²) >= 11 is 0. The summed E-state index contributed by atoms with van der Waals surface area (Å²) in [5, 5.41) is 11.4. The summed E-state index contributed by atoms with van der Waals surface area (Å²) < 4.78 is 13.5. The number of nitrogens with zero attached hydrogens (tertiary/aromatic N) is 1. The Morgan fingerprint density at radius 2 is 1.85 bits per heavy atom. The van der Waals surface area contributed by atoms with Crippen molar-refractivity contribution in [2.24, 2.45) is 0 Å². The van der Waals surface area contributed by atoms with E-state index in [1.807, 2.05) is 0 Å². The quantitative estimate of drug-likeness (QED) is 0.888. The molecule has 0 aromatic heterocycles. The third-order valence-electron chi connectivity index (χ3n) is 3.20. The number of nitrogens with one attached hydrogen (secondary N) is 1. The van der Waals surface area contributed by atoms with Crippen LogP contribution >= 0.6 is 0 Å². The van der Waals surface area contributed by atoms with Crippen molar-refractivity contribution in [3.05, 3.63) is 34.6 Å². The van der Waals surface area contributed by atoms with Gasteiger partial charge in [-0.2, -0.15) is 0 Å². The second-order valence-corrected chi connectivity index (χ2v) is 4.83. The number of likely N-dealkylation sites (N-methyl/N-ethyl adjacent to an activating group) is 1. The van der Waals surface area contributed by atoms with E-state index in [4.69, 9.17) is 5.11 Å². The minimum atomic E-state index is -1.07. The van der Waals surface area contributed by atoms with E-state index in [1.54, 1.807) is 26.0 Å². The summed E-state index contributed by atoms with van der Waals surface area (Å²) in [6, 6.07) is 1.91. The second-order valence-electron chi connectivity index (χ2n) is 4.83. The number of amides is 2. The smallest absolute Gasteiger partial charge is 0.326 e. The first-order valence-electron chi connectivity index (χ1n) is 6.23. The van der Waals surface area contributed by atoms with Crippen LogP contribution in [0, 0.1) is 19.7 Å². The molecule has 5 nitrogen and oxygen atoms in total. The molecule has 1 rings (SSSR count). The van der Waals surface area contributed by atoms with Crippen molar-refractivity contribution < 1.29 is 19.1 Å². The summed E-state index contributed by atoms with van der Waals surface area (Å²) in [6.45, 7) is 4.96. The van der Waals surface area contributed by atoms with Crippen molar-refractivity contribution in [1.82, 2.24) is 10.2 Å². The predicted octanol–water partition coefficient (Wildman–Crippen LogP) is 2.06. The second kappa shape index (κ2) is 6.36. The molecule has 0 aliphatic rings. The Balaban J connectivity index is 2.68. The summed E-state index contributed by atoms with van der Waals surface area (Å²) in [5.74, 6) is -1.33. The molecule has 0 heterocycles. The van der Waals surface area contributed by atoms with Crippen molar-refractivity contribution in [3.8, 4) is 0 Å². The van der Waals surface area contributed by atoms with Crippen LogP contribution in [-0.4, -0.2) is 35.1 Å². The van der Waals surface area contributed by atoms with Crippen LogP contribution < -0.4 is 5.32 Å². The Morgan fingerprint density at radius 3 is 2.30 bits per heavy atom. The molecule has 0 spiro atoms. The molecule has 1 aromatic rings. The monoisotopic (exact) mass is 282 g/mol. The summed E-state index contributed by atoms with van der Waals surface area (Å²) in [7, 11) is 1.41. The number of aliphatic carboxylic acids is 1. The zero-order chi connectivity index (χ0) is 15.4. The van der Waals surface area contributed by atoms with Gasteiger partial charge in [0.15, 0.2) is 0 Å². The van der Waals surface area contributed by atoms with E-state index in [9.17, 15) is 14.0 Å². The molecule has 1 unspecified atom stereocenters. The molecule has 1 atom stereocenters. The third-order valence-corrected chi connectivity index (χ3v) is 3.20. The highest BCUT2D eigenvalue weighted by molar-refractivity contribution is 5.82. The summed E-state index contributed by atoms with van der Waals surface area (Å²) in [5.41, 5.74) is 1.80. The molecule has 0 aliphatic carbocycles. The van der Waals surface area contributed by atoms with Gasteiger partial charge in [0, 0.05) is 13.6 Å². The summed E-state index contributed by atoms with van der Waals surface area (Å²) in [4.78, 5) is 23.7. The number of benzene rings is 1. The molecule has 2 amide bonds. The lowest BCUT2D eigenvalue weighted by atomic mass is 10.1. The number of halogens is 1. The highest BCUT2D eigenvalue weighted by Gasteiger charge is 2.21. The highest BCUT2D eigenvalue weighted by Crippen LogP contribution is 2.14. The fraction of sp³-hybridized carbons (Fsp3) is 0.429. The molecule has 0 aliphatic heterocycles. The third kappa shape index (κ3) is 3.69. The maximum atomic E-state index is 13.5. The van der Waals surface area contributed by atoms with E-state index < -0.39 is 18.0 Å². The Morgan fingerprint density at radius 1 is 1.35 bits per heavy atom. The van der Waals surface area contributed by atoms with Gasteiger partial charge in [-0.15, -0.1) is 0 Å². The number of rotatable bonds is 4. The van der Waals surface area contributed by atoms with Crippen molar-refractivity contribution >= 4 is 12.0 Å². The highest BCUT2D eigenvalue weighted by atomic mass is 19.1. The average molecular weight is 282 g/mol. The fourth-order valence-corrected chi connectivity index (χ4v) is 1.78. The molecule has 0 bridgehead atoms. The van der Waals surface area contributed by atoms with Crippen LogP contribution in [0.2, 0.25) is 0 Å². The zero-order valence-corrected chi connectivity index (χ0v) is 12.0. The van der Waals surface area contributed by atoms with Gasteiger partial charge in [0.25, 0.3) is 0 Å². The maximum absolute atomic E-state index is 13.5. The van der Waals surface area contributed by atoms with Crippen LogP contribution in [-0.2, 0) is 11.3 Å². The van der Waals surface area contributed by atoms with Crippen molar-refractivity contribution in [3.63, 3.8) is 0 Å². The van der Waals surface area contributed by atoms with Gasteiger partial charge in [-0.3, -0.25) is 0 Å².